The van der Waals surface area contributed by atoms with Gasteiger partial charge in [-0.05, 0) is 19.8 Å². The first kappa shape index (κ1) is 19.0. The van der Waals surface area contributed by atoms with Crippen LogP contribution >= 0.6 is 23.1 Å². The lowest BCUT2D eigenvalue weighted by molar-refractivity contribution is 0.107. The van der Waals surface area contributed by atoms with Gasteiger partial charge in [0.05, 0.1) is 5.01 Å². The number of aliphatic imine (C=N–C) groups is 1. The molecule has 0 atom stereocenters. The van der Waals surface area contributed by atoms with E-state index in [0.717, 1.165) is 25.5 Å². The van der Waals surface area contributed by atoms with Crippen LogP contribution in [0.4, 0.5) is 0 Å². The molecule has 1 aliphatic carbocycles. The van der Waals surface area contributed by atoms with E-state index in [1.54, 1.807) is 11.3 Å². The summed E-state index contributed by atoms with van der Waals surface area (Å²) < 4.78 is 0. The zero-order valence-electron chi connectivity index (χ0n) is 15.5. The maximum Gasteiger partial charge on any atom is 0.191 e. The number of hydrogen-bond donors (Lipinski definition) is 2. The number of thiazole rings is 1. The molecule has 2 fully saturated rings. The zero-order valence-corrected chi connectivity index (χ0v) is 17.1. The molecule has 0 radical (unpaired) electrons. The summed E-state index contributed by atoms with van der Waals surface area (Å²) in [5, 5.41) is 8.26. The Balaban J connectivity index is 1.48. The molecule has 1 saturated carbocycles. The molecule has 25 heavy (non-hydrogen) atoms. The molecule has 1 saturated heterocycles. The Kier molecular flexibility index (Phi) is 7.01. The Hall–Kier alpha value is -0.790. The summed E-state index contributed by atoms with van der Waals surface area (Å²) in [5.74, 6) is 3.48. The minimum atomic E-state index is 0.338. The second-order valence-electron chi connectivity index (χ2n) is 7.00. The fraction of sp³-hybridized carbons (Fsp3) is 0.778. The Morgan fingerprint density at radius 3 is 2.68 bits per heavy atom. The van der Waals surface area contributed by atoms with Crippen LogP contribution in [0, 0.1) is 6.92 Å². The second kappa shape index (κ2) is 9.24. The van der Waals surface area contributed by atoms with Crippen molar-refractivity contribution in [2.24, 2.45) is 4.99 Å². The third-order valence-electron chi connectivity index (χ3n) is 5.33. The van der Waals surface area contributed by atoms with Gasteiger partial charge in [0.25, 0.3) is 0 Å². The summed E-state index contributed by atoms with van der Waals surface area (Å²) in [6.45, 7) is 6.46. The molecular weight excluding hydrogens is 350 g/mol. The van der Waals surface area contributed by atoms with Crippen LogP contribution in [0.5, 0.6) is 0 Å². The number of guanidine groups is 1. The van der Waals surface area contributed by atoms with E-state index in [9.17, 15) is 0 Å². The van der Waals surface area contributed by atoms with Gasteiger partial charge in [-0.25, -0.2) is 4.98 Å². The van der Waals surface area contributed by atoms with Crippen molar-refractivity contribution in [2.75, 3.05) is 44.7 Å². The van der Waals surface area contributed by atoms with E-state index in [4.69, 9.17) is 0 Å². The maximum absolute atomic E-state index is 4.43. The molecule has 2 N–H and O–H groups in total. The van der Waals surface area contributed by atoms with Crippen molar-refractivity contribution in [3.8, 4) is 0 Å². The summed E-state index contributed by atoms with van der Waals surface area (Å²) >= 11 is 3.87. The largest absolute Gasteiger partial charge is 0.356 e. The highest BCUT2D eigenvalue weighted by Crippen LogP contribution is 2.36. The first-order valence-electron chi connectivity index (χ1n) is 9.40. The minimum absolute atomic E-state index is 0.338. The van der Waals surface area contributed by atoms with Crippen molar-refractivity contribution in [3.05, 3.63) is 16.1 Å². The van der Waals surface area contributed by atoms with Gasteiger partial charge < -0.3 is 10.6 Å². The molecule has 5 nitrogen and oxygen atoms in total. The van der Waals surface area contributed by atoms with Crippen molar-refractivity contribution < 1.29 is 0 Å². The predicted octanol–water partition coefficient (Wildman–Crippen LogP) is 2.52. The minimum Gasteiger partial charge on any atom is -0.356 e. The molecule has 140 valence electrons. The van der Waals surface area contributed by atoms with Gasteiger partial charge >= 0.3 is 0 Å². The average molecular weight is 382 g/mol. The highest BCUT2D eigenvalue weighted by atomic mass is 32.2. The van der Waals surface area contributed by atoms with Crippen molar-refractivity contribution in [1.82, 2.24) is 20.5 Å². The molecule has 3 rings (SSSR count). The molecule has 0 aromatic carbocycles. The van der Waals surface area contributed by atoms with E-state index in [1.165, 1.54) is 60.2 Å². The third-order valence-corrected chi connectivity index (χ3v) is 7.24. The lowest BCUT2D eigenvalue weighted by Gasteiger charge is -2.43. The average Bonchev–Trinajstić information content (AvgIpc) is 3.28. The molecule has 0 bridgehead atoms. The molecule has 1 aromatic heterocycles. The monoisotopic (exact) mass is 381 g/mol. The van der Waals surface area contributed by atoms with Crippen LogP contribution in [0.3, 0.4) is 0 Å². The van der Waals surface area contributed by atoms with Crippen LogP contribution in [0.1, 0.15) is 35.6 Å². The summed E-state index contributed by atoms with van der Waals surface area (Å²) in [5.41, 5.74) is 0.338. The number of aryl methyl sites for hydroxylation is 1. The van der Waals surface area contributed by atoms with E-state index in [-0.39, 0.29) is 0 Å². The topological polar surface area (TPSA) is 52.6 Å². The van der Waals surface area contributed by atoms with Crippen LogP contribution in [-0.2, 0) is 6.42 Å². The molecule has 0 unspecified atom stereocenters. The molecule has 7 heteroatoms. The van der Waals surface area contributed by atoms with Crippen LogP contribution in [0.15, 0.2) is 11.2 Å². The summed E-state index contributed by atoms with van der Waals surface area (Å²) in [6.07, 6.45) is 8.27. The van der Waals surface area contributed by atoms with E-state index < -0.39 is 0 Å². The van der Waals surface area contributed by atoms with Crippen LogP contribution < -0.4 is 10.6 Å². The van der Waals surface area contributed by atoms with Gasteiger partial charge in [0.2, 0.25) is 0 Å². The third kappa shape index (κ3) is 5.11. The maximum atomic E-state index is 4.43. The van der Waals surface area contributed by atoms with E-state index in [1.807, 2.05) is 13.2 Å². The Morgan fingerprint density at radius 2 is 2.04 bits per heavy atom. The van der Waals surface area contributed by atoms with Gasteiger partial charge in [-0.1, -0.05) is 12.8 Å². The van der Waals surface area contributed by atoms with Gasteiger partial charge in [0, 0.05) is 67.8 Å². The number of nitrogens with one attached hydrogen (secondary N) is 2. The molecule has 2 heterocycles. The number of hydrogen-bond acceptors (Lipinski definition) is 5. The zero-order chi connectivity index (χ0) is 17.5. The smallest absolute Gasteiger partial charge is 0.191 e. The Bertz CT molecular complexity index is 560. The predicted molar refractivity (Wildman–Crippen MR) is 110 cm³/mol. The number of aromatic nitrogens is 1. The number of thioether (sulfide) groups is 1. The first-order chi connectivity index (χ1) is 12.2. The second-order valence-corrected chi connectivity index (χ2v) is 9.54. The number of rotatable bonds is 6. The van der Waals surface area contributed by atoms with Gasteiger partial charge in [-0.2, -0.15) is 11.8 Å². The molecule has 1 aromatic rings. The first-order valence-corrected chi connectivity index (χ1v) is 11.4. The van der Waals surface area contributed by atoms with Gasteiger partial charge in [-0.15, -0.1) is 11.3 Å². The molecule has 0 spiro atoms. The van der Waals surface area contributed by atoms with Crippen molar-refractivity contribution in [1.29, 1.82) is 0 Å². The van der Waals surface area contributed by atoms with Crippen LogP contribution in [0.25, 0.3) is 0 Å². The van der Waals surface area contributed by atoms with Crippen LogP contribution in [0.2, 0.25) is 0 Å². The van der Waals surface area contributed by atoms with E-state index in [2.05, 4.69) is 44.2 Å². The van der Waals surface area contributed by atoms with Crippen LogP contribution in [-0.4, -0.2) is 66.1 Å². The normalized spacial score (nSPS) is 21.4. The molecule has 0 amide bonds. The molecule has 1 aliphatic heterocycles. The fourth-order valence-electron chi connectivity index (χ4n) is 3.95. The van der Waals surface area contributed by atoms with E-state index in [0.29, 0.717) is 5.54 Å². The highest BCUT2D eigenvalue weighted by Gasteiger charge is 2.39. The fourth-order valence-corrected chi connectivity index (χ4v) is 5.64. The summed E-state index contributed by atoms with van der Waals surface area (Å²) in [7, 11) is 1.86. The van der Waals surface area contributed by atoms with Crippen molar-refractivity contribution >= 4 is 29.1 Å². The SMILES string of the molecule is CN=C(NCCc1ncc(C)s1)NCC1(N2CCSCC2)CCCC1. The Morgan fingerprint density at radius 1 is 1.28 bits per heavy atom. The summed E-state index contributed by atoms with van der Waals surface area (Å²) in [4.78, 5) is 12.9. The standard InChI is InChI=1S/C18H31N5S2/c1-15-13-21-16(25-15)5-8-20-17(19-2)22-14-18(6-3-4-7-18)23-9-11-24-12-10-23/h13H,3-12,14H2,1-2H3,(H2,19,20,22). The highest BCUT2D eigenvalue weighted by molar-refractivity contribution is 7.99. The van der Waals surface area contributed by atoms with E-state index >= 15 is 0 Å². The van der Waals surface area contributed by atoms with Crippen molar-refractivity contribution in [3.63, 3.8) is 0 Å². The van der Waals surface area contributed by atoms with Crippen molar-refractivity contribution in [2.45, 2.75) is 44.6 Å². The molecular formula is C18H31N5S2. The van der Waals surface area contributed by atoms with Gasteiger partial charge in [-0.3, -0.25) is 9.89 Å². The lowest BCUT2D eigenvalue weighted by atomic mass is 9.94. The quantitative estimate of drug-likeness (QED) is 0.586. The van der Waals surface area contributed by atoms with Gasteiger partial charge in [0.1, 0.15) is 0 Å². The van der Waals surface area contributed by atoms with Gasteiger partial charge in [0.15, 0.2) is 5.96 Å². The molecule has 2 aliphatic rings. The lowest BCUT2D eigenvalue weighted by Crippen LogP contribution is -2.57. The Labute approximate surface area is 160 Å². The number of nitrogens with zero attached hydrogens (tertiary/aromatic N) is 3. The summed E-state index contributed by atoms with van der Waals surface area (Å²) in [6, 6.07) is 0.